The summed E-state index contributed by atoms with van der Waals surface area (Å²) in [6.45, 7) is 1.50. The third-order valence-corrected chi connectivity index (χ3v) is 15.4. The van der Waals surface area contributed by atoms with Crippen LogP contribution in [0.2, 0.25) is 0 Å². The summed E-state index contributed by atoms with van der Waals surface area (Å²) in [5, 5.41) is 14.8. The van der Waals surface area contributed by atoms with E-state index in [1.807, 2.05) is 66.7 Å². The van der Waals surface area contributed by atoms with Crippen molar-refractivity contribution in [3.8, 4) is 0 Å². The van der Waals surface area contributed by atoms with E-state index in [0.29, 0.717) is 18.6 Å². The molecule has 49 heavy (non-hydrogen) atoms. The average molecular weight is 679 g/mol. The van der Waals surface area contributed by atoms with Crippen molar-refractivity contribution in [2.24, 2.45) is 0 Å². The van der Waals surface area contributed by atoms with Crippen molar-refractivity contribution in [2.45, 2.75) is 50.9 Å². The third-order valence-electron chi connectivity index (χ3n) is 9.71. The first-order chi connectivity index (χ1) is 24.2. The van der Waals surface area contributed by atoms with E-state index in [2.05, 4.69) is 114 Å². The normalized spacial score (nSPS) is 16.4. The van der Waals surface area contributed by atoms with Crippen molar-refractivity contribution in [2.75, 3.05) is 0 Å². The lowest BCUT2D eigenvalue weighted by atomic mass is 9.90. The van der Waals surface area contributed by atoms with Crippen LogP contribution < -0.4 is 42.5 Å². The van der Waals surface area contributed by atoms with E-state index in [1.165, 1.54) is 34.3 Å². The second-order valence-corrected chi connectivity index (χ2v) is 17.7. The fourth-order valence-corrected chi connectivity index (χ4v) is 12.6. The van der Waals surface area contributed by atoms with Crippen molar-refractivity contribution in [3.63, 3.8) is 0 Å². The molecule has 6 aromatic rings. The minimum absolute atomic E-state index is 0.326. The molecule has 0 aliphatic heterocycles. The molecule has 1 fully saturated rings. The Labute approximate surface area is 293 Å². The Morgan fingerprint density at radius 3 is 1.43 bits per heavy atom. The molecule has 0 radical (unpaired) electrons. The quantitative estimate of drug-likeness (QED) is 0.134. The molecule has 0 unspecified atom stereocenters. The second kappa shape index (κ2) is 16.1. The van der Waals surface area contributed by atoms with Gasteiger partial charge in [-0.05, 0) is 47.8 Å². The number of hydrogen-bond acceptors (Lipinski definition) is 3. The summed E-state index contributed by atoms with van der Waals surface area (Å²) in [6, 6.07) is 59.9. The van der Waals surface area contributed by atoms with Crippen LogP contribution in [0.5, 0.6) is 0 Å². The molecule has 246 valence electrons. The van der Waals surface area contributed by atoms with Gasteiger partial charge >= 0.3 is 0 Å². The van der Waals surface area contributed by atoms with Gasteiger partial charge in [0.2, 0.25) is 0 Å². The zero-order valence-electron chi connectivity index (χ0n) is 27.9. The van der Waals surface area contributed by atoms with Gasteiger partial charge in [-0.3, -0.25) is 0 Å². The molecule has 0 amide bonds. The Kier molecular flexibility index (Phi) is 11.0. The monoisotopic (exact) mass is 678 g/mol. The summed E-state index contributed by atoms with van der Waals surface area (Å²) in [5.41, 5.74) is 2.47. The van der Waals surface area contributed by atoms with Crippen LogP contribution in [0, 0.1) is 0 Å². The van der Waals surface area contributed by atoms with Gasteiger partial charge in [0.15, 0.2) is 7.14 Å². The molecule has 1 aliphatic rings. The summed E-state index contributed by atoms with van der Waals surface area (Å²) in [7, 11) is -3.75. The van der Waals surface area contributed by atoms with E-state index < -0.39 is 15.1 Å². The van der Waals surface area contributed by atoms with E-state index in [1.54, 1.807) is 0 Å². The smallest absolute Gasteiger partial charge is 0.171 e. The van der Waals surface area contributed by atoms with Crippen LogP contribution in [0.4, 0.5) is 0 Å². The van der Waals surface area contributed by atoms with Crippen molar-refractivity contribution in [1.82, 2.24) is 10.6 Å². The molecular weight excluding hydrogens is 634 g/mol. The molecule has 5 heteroatoms. The molecule has 2 atom stereocenters. The molecule has 1 saturated carbocycles. The summed E-state index contributed by atoms with van der Waals surface area (Å²) in [6.07, 6.45) is 4.71. The van der Waals surface area contributed by atoms with Crippen molar-refractivity contribution in [3.05, 3.63) is 181 Å². The van der Waals surface area contributed by atoms with E-state index >= 15 is 4.57 Å². The van der Waals surface area contributed by atoms with Gasteiger partial charge in [-0.15, -0.1) is 0 Å². The Bertz CT molecular complexity index is 1890. The highest BCUT2D eigenvalue weighted by Gasteiger charge is 2.32. The topological polar surface area (TPSA) is 41.1 Å². The van der Waals surface area contributed by atoms with E-state index in [0.717, 1.165) is 40.9 Å². The van der Waals surface area contributed by atoms with Crippen LogP contribution in [0.3, 0.4) is 0 Å². The standard InChI is InChI=1S/C44H44N2OP2/c47-49(39-25-9-3-10-26-39,40-27-11-4-12-28-40)44-32-18-14-20-36(44)34-46-42-30-16-15-29-41(42)45-33-35-19-13-17-31-43(35)48(37-21-5-1-6-22-37)38-23-7-2-8-24-38/h1-14,17-28,31-32,41-42,45-46H,15-16,29-30,33-34H2/t41-,42-/m1/s1. The lowest BCUT2D eigenvalue weighted by molar-refractivity contribution is 0.281. The summed E-state index contributed by atoms with van der Waals surface area (Å²) in [4.78, 5) is 0. The molecule has 0 saturated heterocycles. The lowest BCUT2D eigenvalue weighted by Crippen LogP contribution is -2.50. The zero-order chi connectivity index (χ0) is 33.3. The molecule has 0 heterocycles. The van der Waals surface area contributed by atoms with Crippen molar-refractivity contribution < 1.29 is 4.57 Å². The molecule has 1 aliphatic carbocycles. The van der Waals surface area contributed by atoms with Crippen molar-refractivity contribution in [1.29, 1.82) is 0 Å². The Morgan fingerprint density at radius 2 is 0.898 bits per heavy atom. The number of rotatable bonds is 12. The van der Waals surface area contributed by atoms with Gasteiger partial charge in [-0.1, -0.05) is 183 Å². The van der Waals surface area contributed by atoms with Crippen LogP contribution in [0.25, 0.3) is 0 Å². The predicted molar refractivity (Wildman–Crippen MR) is 211 cm³/mol. The third kappa shape index (κ3) is 7.57. The molecule has 0 aromatic heterocycles. The first-order valence-corrected chi connectivity index (χ1v) is 20.5. The van der Waals surface area contributed by atoms with Crippen LogP contribution in [-0.4, -0.2) is 12.1 Å². The highest BCUT2D eigenvalue weighted by Crippen LogP contribution is 2.43. The van der Waals surface area contributed by atoms with Gasteiger partial charge in [0.1, 0.15) is 0 Å². The minimum Gasteiger partial charge on any atom is -0.309 e. The summed E-state index contributed by atoms with van der Waals surface area (Å²) < 4.78 is 15.3. The van der Waals surface area contributed by atoms with Crippen LogP contribution in [-0.2, 0) is 17.7 Å². The number of nitrogens with one attached hydrogen (secondary N) is 2. The highest BCUT2D eigenvalue weighted by molar-refractivity contribution is 7.85. The van der Waals surface area contributed by atoms with E-state index in [9.17, 15) is 0 Å². The minimum atomic E-state index is -3.07. The second-order valence-electron chi connectivity index (χ2n) is 12.8. The maximum absolute atomic E-state index is 15.3. The fourth-order valence-electron chi connectivity index (χ4n) is 7.23. The maximum Gasteiger partial charge on any atom is 0.171 e. The summed E-state index contributed by atoms with van der Waals surface area (Å²) in [5.74, 6) is 0. The van der Waals surface area contributed by atoms with E-state index in [4.69, 9.17) is 0 Å². The molecule has 3 nitrogen and oxygen atoms in total. The van der Waals surface area contributed by atoms with Crippen LogP contribution >= 0.6 is 15.1 Å². The van der Waals surface area contributed by atoms with E-state index in [-0.39, 0.29) is 0 Å². The van der Waals surface area contributed by atoms with Gasteiger partial charge in [0, 0.05) is 41.1 Å². The Morgan fingerprint density at radius 1 is 0.490 bits per heavy atom. The first-order valence-electron chi connectivity index (χ1n) is 17.5. The van der Waals surface area contributed by atoms with Crippen LogP contribution in [0.1, 0.15) is 36.8 Å². The summed E-state index contributed by atoms with van der Waals surface area (Å²) >= 11 is 0. The number of benzene rings is 6. The number of hydrogen-bond donors (Lipinski definition) is 2. The van der Waals surface area contributed by atoms with Crippen LogP contribution in [0.15, 0.2) is 170 Å². The van der Waals surface area contributed by atoms with Gasteiger partial charge < -0.3 is 15.2 Å². The van der Waals surface area contributed by atoms with Gasteiger partial charge in [0.25, 0.3) is 0 Å². The maximum atomic E-state index is 15.3. The fraction of sp³-hybridized carbons (Fsp3) is 0.182. The molecule has 0 spiro atoms. The Hall–Kier alpha value is -4.10. The van der Waals surface area contributed by atoms with Crippen molar-refractivity contribution >= 4 is 46.9 Å². The van der Waals surface area contributed by atoms with Gasteiger partial charge in [0.05, 0.1) is 0 Å². The SMILES string of the molecule is O=P(c1ccccc1)(c1ccccc1)c1ccccc1CN[C@@H]1CCCC[C@H]1NCc1ccccc1P(c1ccccc1)c1ccccc1. The average Bonchev–Trinajstić information content (AvgIpc) is 3.18. The lowest BCUT2D eigenvalue weighted by Gasteiger charge is -2.34. The van der Waals surface area contributed by atoms with Gasteiger partial charge in [-0.25, -0.2) is 0 Å². The predicted octanol–water partition coefficient (Wildman–Crippen LogP) is 7.27. The molecular formula is C44H44N2OP2. The first kappa shape index (κ1) is 33.4. The molecule has 0 bridgehead atoms. The molecule has 2 N–H and O–H groups in total. The Balaban J connectivity index is 1.12. The highest BCUT2D eigenvalue weighted by atomic mass is 31.2. The van der Waals surface area contributed by atoms with Gasteiger partial charge in [-0.2, -0.15) is 0 Å². The zero-order valence-corrected chi connectivity index (χ0v) is 29.7. The largest absolute Gasteiger partial charge is 0.309 e. The molecule has 7 rings (SSSR count). The molecule has 6 aromatic carbocycles.